The van der Waals surface area contributed by atoms with Gasteiger partial charge in [0.05, 0.1) is 0 Å². The summed E-state index contributed by atoms with van der Waals surface area (Å²) >= 11 is 0. The number of amides is 2. The molecule has 2 rings (SSSR count). The zero-order valence-corrected chi connectivity index (χ0v) is 12.6. The van der Waals surface area contributed by atoms with E-state index >= 15 is 0 Å². The van der Waals surface area contributed by atoms with E-state index in [4.69, 9.17) is 0 Å². The Balaban J connectivity index is 2.01. The number of carbonyl (C=O) groups is 2. The molecule has 0 saturated carbocycles. The molecule has 6 heteroatoms. The maximum absolute atomic E-state index is 13.1. The van der Waals surface area contributed by atoms with E-state index < -0.39 is 17.5 Å². The van der Waals surface area contributed by atoms with Gasteiger partial charge in [0, 0.05) is 24.0 Å². The van der Waals surface area contributed by atoms with E-state index in [9.17, 15) is 18.4 Å². The molecule has 0 bridgehead atoms. The first-order chi connectivity index (χ1) is 11.0. The quantitative estimate of drug-likeness (QED) is 0.860. The smallest absolute Gasteiger partial charge is 0.236 e. The van der Waals surface area contributed by atoms with Crippen molar-refractivity contribution in [2.45, 2.75) is 13.3 Å². The van der Waals surface area contributed by atoms with Gasteiger partial charge in [-0.3, -0.25) is 9.59 Å². The number of hydrogen-bond donors (Lipinski definition) is 1. The van der Waals surface area contributed by atoms with E-state index in [1.54, 1.807) is 31.2 Å². The minimum Gasteiger partial charge on any atom is -0.326 e. The number of anilines is 2. The zero-order chi connectivity index (χ0) is 16.8. The van der Waals surface area contributed by atoms with E-state index in [0.29, 0.717) is 12.2 Å². The van der Waals surface area contributed by atoms with Gasteiger partial charge in [0.25, 0.3) is 0 Å². The molecular formula is C17H16F2N2O2. The van der Waals surface area contributed by atoms with Gasteiger partial charge >= 0.3 is 0 Å². The van der Waals surface area contributed by atoms with E-state index in [2.05, 4.69) is 5.32 Å². The minimum atomic E-state index is -1.06. The van der Waals surface area contributed by atoms with Gasteiger partial charge in [-0.2, -0.15) is 0 Å². The lowest BCUT2D eigenvalue weighted by atomic mass is 10.2. The lowest BCUT2D eigenvalue weighted by molar-refractivity contribution is -0.125. The highest BCUT2D eigenvalue weighted by Gasteiger charge is 2.17. The van der Waals surface area contributed by atoms with Crippen LogP contribution in [0.5, 0.6) is 0 Å². The summed E-state index contributed by atoms with van der Waals surface area (Å²) in [5.41, 5.74) is 0.796. The fraction of sp³-hybridized carbons (Fsp3) is 0.176. The van der Waals surface area contributed by atoms with Crippen LogP contribution < -0.4 is 10.2 Å². The molecule has 0 aliphatic carbocycles. The van der Waals surface area contributed by atoms with Gasteiger partial charge in [0.1, 0.15) is 6.42 Å². The Morgan fingerprint density at radius 3 is 2.35 bits per heavy atom. The Labute approximate surface area is 132 Å². The Hall–Kier alpha value is -2.76. The van der Waals surface area contributed by atoms with Crippen LogP contribution in [0.2, 0.25) is 0 Å². The summed E-state index contributed by atoms with van der Waals surface area (Å²) in [7, 11) is 0. The Kier molecular flexibility index (Phi) is 5.41. The summed E-state index contributed by atoms with van der Waals surface area (Å²) in [6.45, 7) is 2.22. The third kappa shape index (κ3) is 4.35. The predicted molar refractivity (Wildman–Crippen MR) is 84.1 cm³/mol. The SMILES string of the molecule is CCN(C(=O)CC(=O)Nc1ccc(F)c(F)c1)c1ccccc1. The van der Waals surface area contributed by atoms with Crippen molar-refractivity contribution in [1.29, 1.82) is 0 Å². The monoisotopic (exact) mass is 318 g/mol. The number of carbonyl (C=O) groups excluding carboxylic acids is 2. The van der Waals surface area contributed by atoms with Crippen LogP contribution in [0.4, 0.5) is 20.2 Å². The van der Waals surface area contributed by atoms with E-state index in [1.165, 1.54) is 11.0 Å². The molecule has 0 aliphatic rings. The summed E-state index contributed by atoms with van der Waals surface area (Å²) in [6, 6.07) is 12.0. The summed E-state index contributed by atoms with van der Waals surface area (Å²) in [5.74, 6) is -3.02. The van der Waals surface area contributed by atoms with Crippen molar-refractivity contribution >= 4 is 23.2 Å². The standard InChI is InChI=1S/C17H16F2N2O2/c1-2-21(13-6-4-3-5-7-13)17(23)11-16(22)20-12-8-9-14(18)15(19)10-12/h3-10H,2,11H2,1H3,(H,20,22). The van der Waals surface area contributed by atoms with E-state index in [1.807, 2.05) is 6.07 Å². The molecular weight excluding hydrogens is 302 g/mol. The molecule has 0 saturated heterocycles. The van der Waals surface area contributed by atoms with Crippen LogP contribution in [-0.2, 0) is 9.59 Å². The largest absolute Gasteiger partial charge is 0.326 e. The first kappa shape index (κ1) is 16.6. The average molecular weight is 318 g/mol. The zero-order valence-electron chi connectivity index (χ0n) is 12.6. The van der Waals surface area contributed by atoms with Crippen molar-refractivity contribution in [3.8, 4) is 0 Å². The molecule has 0 atom stereocenters. The van der Waals surface area contributed by atoms with Crippen molar-refractivity contribution in [3.63, 3.8) is 0 Å². The molecule has 0 radical (unpaired) electrons. The summed E-state index contributed by atoms with van der Waals surface area (Å²) in [4.78, 5) is 25.6. The van der Waals surface area contributed by atoms with Gasteiger partial charge in [0.15, 0.2) is 11.6 Å². The molecule has 0 fully saturated rings. The molecule has 2 amide bonds. The second-order valence-corrected chi connectivity index (χ2v) is 4.83. The second kappa shape index (κ2) is 7.49. The summed E-state index contributed by atoms with van der Waals surface area (Å²) < 4.78 is 25.9. The summed E-state index contributed by atoms with van der Waals surface area (Å²) in [5, 5.41) is 2.38. The summed E-state index contributed by atoms with van der Waals surface area (Å²) in [6.07, 6.45) is -0.387. The minimum absolute atomic E-state index is 0.101. The van der Waals surface area contributed by atoms with Crippen LogP contribution in [-0.4, -0.2) is 18.4 Å². The van der Waals surface area contributed by atoms with Gasteiger partial charge < -0.3 is 10.2 Å². The average Bonchev–Trinajstić information content (AvgIpc) is 2.52. The molecule has 0 aliphatic heterocycles. The maximum Gasteiger partial charge on any atom is 0.236 e. The van der Waals surface area contributed by atoms with Crippen LogP contribution in [0.1, 0.15) is 13.3 Å². The third-order valence-electron chi connectivity index (χ3n) is 3.20. The Bertz CT molecular complexity index is 705. The molecule has 120 valence electrons. The van der Waals surface area contributed by atoms with Gasteiger partial charge in [-0.25, -0.2) is 8.78 Å². The first-order valence-corrected chi connectivity index (χ1v) is 7.11. The van der Waals surface area contributed by atoms with Crippen LogP contribution in [0.15, 0.2) is 48.5 Å². The highest BCUT2D eigenvalue weighted by molar-refractivity contribution is 6.09. The molecule has 0 unspecified atom stereocenters. The number of halogens is 2. The number of rotatable bonds is 5. The van der Waals surface area contributed by atoms with Crippen molar-refractivity contribution in [3.05, 3.63) is 60.2 Å². The lowest BCUT2D eigenvalue weighted by Crippen LogP contribution is -2.33. The van der Waals surface area contributed by atoms with Crippen LogP contribution >= 0.6 is 0 Å². The van der Waals surface area contributed by atoms with Gasteiger partial charge in [-0.15, -0.1) is 0 Å². The van der Waals surface area contributed by atoms with Crippen LogP contribution in [0.25, 0.3) is 0 Å². The molecule has 0 aromatic heterocycles. The fourth-order valence-electron chi connectivity index (χ4n) is 2.12. The van der Waals surface area contributed by atoms with Crippen LogP contribution in [0.3, 0.4) is 0 Å². The Morgan fingerprint density at radius 2 is 1.74 bits per heavy atom. The lowest BCUT2D eigenvalue weighted by Gasteiger charge is -2.20. The number of hydrogen-bond acceptors (Lipinski definition) is 2. The van der Waals surface area contributed by atoms with E-state index in [-0.39, 0.29) is 18.0 Å². The van der Waals surface area contributed by atoms with Crippen molar-refractivity contribution in [2.24, 2.45) is 0 Å². The van der Waals surface area contributed by atoms with Gasteiger partial charge in [-0.1, -0.05) is 18.2 Å². The fourth-order valence-corrected chi connectivity index (χ4v) is 2.12. The maximum atomic E-state index is 13.1. The van der Waals surface area contributed by atoms with Crippen LogP contribution in [0, 0.1) is 11.6 Å². The first-order valence-electron chi connectivity index (χ1n) is 7.11. The number of nitrogens with one attached hydrogen (secondary N) is 1. The Morgan fingerprint density at radius 1 is 1.04 bits per heavy atom. The van der Waals surface area contributed by atoms with Gasteiger partial charge in [0.2, 0.25) is 11.8 Å². The van der Waals surface area contributed by atoms with Gasteiger partial charge in [-0.05, 0) is 31.2 Å². The predicted octanol–water partition coefficient (Wildman–Crippen LogP) is 3.35. The highest BCUT2D eigenvalue weighted by atomic mass is 19.2. The van der Waals surface area contributed by atoms with E-state index in [0.717, 1.165) is 12.1 Å². The number of benzene rings is 2. The highest BCUT2D eigenvalue weighted by Crippen LogP contribution is 2.16. The normalized spacial score (nSPS) is 10.2. The molecule has 2 aromatic rings. The third-order valence-corrected chi connectivity index (χ3v) is 3.20. The molecule has 0 spiro atoms. The van der Waals surface area contributed by atoms with Crippen molar-refractivity contribution in [1.82, 2.24) is 0 Å². The number of para-hydroxylation sites is 1. The number of nitrogens with zero attached hydrogens (tertiary/aromatic N) is 1. The van der Waals surface area contributed by atoms with Crippen molar-refractivity contribution in [2.75, 3.05) is 16.8 Å². The van der Waals surface area contributed by atoms with Crippen molar-refractivity contribution < 1.29 is 18.4 Å². The topological polar surface area (TPSA) is 49.4 Å². The molecule has 23 heavy (non-hydrogen) atoms. The molecule has 2 aromatic carbocycles. The molecule has 4 nitrogen and oxygen atoms in total. The second-order valence-electron chi connectivity index (χ2n) is 4.83. The molecule has 0 heterocycles. The molecule has 1 N–H and O–H groups in total.